The van der Waals surface area contributed by atoms with E-state index in [1.54, 1.807) is 14.2 Å². The summed E-state index contributed by atoms with van der Waals surface area (Å²) in [6.07, 6.45) is 1.94. The van der Waals surface area contributed by atoms with Crippen molar-refractivity contribution in [3.8, 4) is 5.75 Å². The SMILES string of the molecule is CNC(=O)CCCOc1cccc(C(CCN)OC)c1. The van der Waals surface area contributed by atoms with Crippen LogP contribution in [0.5, 0.6) is 5.75 Å². The normalized spacial score (nSPS) is 11.9. The monoisotopic (exact) mass is 280 g/mol. The molecule has 1 unspecified atom stereocenters. The molecule has 0 radical (unpaired) electrons. The van der Waals surface area contributed by atoms with Crippen LogP contribution in [0, 0.1) is 0 Å². The molecule has 0 spiro atoms. The molecule has 1 aromatic rings. The van der Waals surface area contributed by atoms with E-state index < -0.39 is 0 Å². The summed E-state index contributed by atoms with van der Waals surface area (Å²) in [5.74, 6) is 0.822. The summed E-state index contributed by atoms with van der Waals surface area (Å²) in [5, 5.41) is 2.59. The van der Waals surface area contributed by atoms with Crippen LogP contribution in [0.4, 0.5) is 0 Å². The Bertz CT molecular complexity index is 410. The van der Waals surface area contributed by atoms with Crippen molar-refractivity contribution in [2.45, 2.75) is 25.4 Å². The molecule has 0 aliphatic heterocycles. The van der Waals surface area contributed by atoms with Gasteiger partial charge in [0.25, 0.3) is 0 Å². The molecule has 0 aliphatic carbocycles. The molecule has 5 heteroatoms. The van der Waals surface area contributed by atoms with Crippen LogP contribution in [-0.2, 0) is 9.53 Å². The fourth-order valence-corrected chi connectivity index (χ4v) is 1.92. The summed E-state index contributed by atoms with van der Waals surface area (Å²) in [5.41, 5.74) is 6.63. The molecule has 0 aliphatic rings. The summed E-state index contributed by atoms with van der Waals surface area (Å²) in [7, 11) is 3.31. The molecule has 1 atom stereocenters. The van der Waals surface area contributed by atoms with Gasteiger partial charge >= 0.3 is 0 Å². The first-order valence-electron chi connectivity index (χ1n) is 6.87. The number of carbonyl (C=O) groups excluding carboxylic acids is 1. The number of hydrogen-bond acceptors (Lipinski definition) is 4. The highest BCUT2D eigenvalue weighted by Crippen LogP contribution is 2.23. The quantitative estimate of drug-likeness (QED) is 0.674. The maximum absolute atomic E-state index is 11.1. The lowest BCUT2D eigenvalue weighted by Crippen LogP contribution is -2.18. The molecular formula is C15H24N2O3. The van der Waals surface area contributed by atoms with Gasteiger partial charge in [0.05, 0.1) is 12.7 Å². The Labute approximate surface area is 120 Å². The molecule has 0 bridgehead atoms. The van der Waals surface area contributed by atoms with Gasteiger partial charge in [0.15, 0.2) is 0 Å². The Hall–Kier alpha value is -1.59. The van der Waals surface area contributed by atoms with Gasteiger partial charge in [-0.2, -0.15) is 0 Å². The minimum Gasteiger partial charge on any atom is -0.494 e. The fraction of sp³-hybridized carbons (Fsp3) is 0.533. The lowest BCUT2D eigenvalue weighted by atomic mass is 10.1. The molecule has 1 amide bonds. The van der Waals surface area contributed by atoms with Crippen molar-refractivity contribution in [3.63, 3.8) is 0 Å². The first-order valence-corrected chi connectivity index (χ1v) is 6.87. The largest absolute Gasteiger partial charge is 0.494 e. The van der Waals surface area contributed by atoms with Gasteiger partial charge in [-0.25, -0.2) is 0 Å². The van der Waals surface area contributed by atoms with Crippen LogP contribution in [0.15, 0.2) is 24.3 Å². The third-order valence-electron chi connectivity index (χ3n) is 3.04. The van der Waals surface area contributed by atoms with E-state index in [1.165, 1.54) is 0 Å². The summed E-state index contributed by atoms with van der Waals surface area (Å²) in [6, 6.07) is 7.80. The predicted octanol–water partition coefficient (Wildman–Crippen LogP) is 1.63. The van der Waals surface area contributed by atoms with Crippen LogP contribution >= 0.6 is 0 Å². The van der Waals surface area contributed by atoms with E-state index in [2.05, 4.69) is 5.32 Å². The first kappa shape index (κ1) is 16.5. The number of nitrogens with two attached hydrogens (primary N) is 1. The van der Waals surface area contributed by atoms with Gasteiger partial charge in [0.1, 0.15) is 5.75 Å². The van der Waals surface area contributed by atoms with Crippen molar-refractivity contribution >= 4 is 5.91 Å². The van der Waals surface area contributed by atoms with Gasteiger partial charge in [0.2, 0.25) is 5.91 Å². The topological polar surface area (TPSA) is 73.6 Å². The van der Waals surface area contributed by atoms with E-state index in [0.717, 1.165) is 17.7 Å². The van der Waals surface area contributed by atoms with Crippen LogP contribution in [-0.4, -0.2) is 33.2 Å². The standard InChI is InChI=1S/C15H24N2O3/c1-17-15(18)7-4-10-20-13-6-3-5-12(11-13)14(19-2)8-9-16/h3,5-6,11,14H,4,7-10,16H2,1-2H3,(H,17,18). The molecule has 3 N–H and O–H groups in total. The Morgan fingerprint density at radius 2 is 2.25 bits per heavy atom. The van der Waals surface area contributed by atoms with Crippen molar-refractivity contribution in [3.05, 3.63) is 29.8 Å². The van der Waals surface area contributed by atoms with Crippen LogP contribution in [0.1, 0.15) is 30.9 Å². The molecule has 0 aromatic heterocycles. The Morgan fingerprint density at radius 1 is 1.45 bits per heavy atom. The van der Waals surface area contributed by atoms with E-state index in [9.17, 15) is 4.79 Å². The molecule has 5 nitrogen and oxygen atoms in total. The van der Waals surface area contributed by atoms with Crippen molar-refractivity contribution in [1.82, 2.24) is 5.32 Å². The smallest absolute Gasteiger partial charge is 0.219 e. The maximum atomic E-state index is 11.1. The minimum atomic E-state index is -0.00517. The predicted molar refractivity (Wildman–Crippen MR) is 78.7 cm³/mol. The van der Waals surface area contributed by atoms with Gasteiger partial charge in [-0.05, 0) is 37.1 Å². The summed E-state index contributed by atoms with van der Waals surface area (Å²) in [6.45, 7) is 1.10. The third-order valence-corrected chi connectivity index (χ3v) is 3.04. The third kappa shape index (κ3) is 5.59. The van der Waals surface area contributed by atoms with Crippen LogP contribution in [0.25, 0.3) is 0 Å². The number of rotatable bonds is 9. The molecule has 20 heavy (non-hydrogen) atoms. The Morgan fingerprint density at radius 3 is 2.90 bits per heavy atom. The van der Waals surface area contributed by atoms with E-state index in [0.29, 0.717) is 26.0 Å². The lowest BCUT2D eigenvalue weighted by Gasteiger charge is -2.16. The van der Waals surface area contributed by atoms with Gasteiger partial charge in [-0.1, -0.05) is 12.1 Å². The van der Waals surface area contributed by atoms with Crippen LogP contribution in [0.2, 0.25) is 0 Å². The Balaban J connectivity index is 2.48. The van der Waals surface area contributed by atoms with Crippen LogP contribution in [0.3, 0.4) is 0 Å². The second-order valence-corrected chi connectivity index (χ2v) is 4.50. The first-order chi connectivity index (χ1) is 9.71. The van der Waals surface area contributed by atoms with Gasteiger partial charge < -0.3 is 20.5 Å². The number of carbonyl (C=O) groups is 1. The molecule has 1 rings (SSSR count). The van der Waals surface area contributed by atoms with Crippen molar-refractivity contribution in [2.24, 2.45) is 5.73 Å². The molecule has 0 fully saturated rings. The second kappa shape index (κ2) is 9.34. The highest BCUT2D eigenvalue weighted by atomic mass is 16.5. The average molecular weight is 280 g/mol. The average Bonchev–Trinajstić information content (AvgIpc) is 2.49. The molecular weight excluding hydrogens is 256 g/mol. The zero-order chi connectivity index (χ0) is 14.8. The summed E-state index contributed by atoms with van der Waals surface area (Å²) >= 11 is 0. The summed E-state index contributed by atoms with van der Waals surface area (Å²) < 4.78 is 11.1. The number of ether oxygens (including phenoxy) is 2. The van der Waals surface area contributed by atoms with E-state index in [4.69, 9.17) is 15.2 Å². The number of benzene rings is 1. The van der Waals surface area contributed by atoms with Crippen LogP contribution < -0.4 is 15.8 Å². The van der Waals surface area contributed by atoms with Gasteiger partial charge in [-0.15, -0.1) is 0 Å². The highest BCUT2D eigenvalue weighted by Gasteiger charge is 2.10. The zero-order valence-corrected chi connectivity index (χ0v) is 12.2. The highest BCUT2D eigenvalue weighted by molar-refractivity contribution is 5.75. The second-order valence-electron chi connectivity index (χ2n) is 4.50. The fourth-order valence-electron chi connectivity index (χ4n) is 1.92. The summed E-state index contributed by atoms with van der Waals surface area (Å²) in [4.78, 5) is 11.1. The lowest BCUT2D eigenvalue weighted by molar-refractivity contribution is -0.120. The number of hydrogen-bond donors (Lipinski definition) is 2. The number of amides is 1. The van der Waals surface area contributed by atoms with Gasteiger partial charge in [-0.3, -0.25) is 4.79 Å². The molecule has 0 saturated heterocycles. The van der Waals surface area contributed by atoms with E-state index in [-0.39, 0.29) is 12.0 Å². The molecule has 112 valence electrons. The number of nitrogens with one attached hydrogen (secondary N) is 1. The molecule has 1 aromatic carbocycles. The molecule has 0 saturated carbocycles. The van der Waals surface area contributed by atoms with Gasteiger partial charge in [0, 0.05) is 20.6 Å². The Kier molecular flexibility index (Phi) is 7.69. The van der Waals surface area contributed by atoms with E-state index >= 15 is 0 Å². The maximum Gasteiger partial charge on any atom is 0.219 e. The van der Waals surface area contributed by atoms with E-state index in [1.807, 2.05) is 24.3 Å². The minimum absolute atomic E-state index is 0.00517. The van der Waals surface area contributed by atoms with Crippen molar-refractivity contribution in [2.75, 3.05) is 27.3 Å². The molecule has 0 heterocycles. The van der Waals surface area contributed by atoms with Crippen molar-refractivity contribution < 1.29 is 14.3 Å². The zero-order valence-electron chi connectivity index (χ0n) is 12.2. The van der Waals surface area contributed by atoms with Crippen molar-refractivity contribution in [1.29, 1.82) is 0 Å². The number of methoxy groups -OCH3 is 1.